The molecule has 0 saturated heterocycles. The first kappa shape index (κ1) is 16.5. The number of anilines is 1. The van der Waals surface area contributed by atoms with Gasteiger partial charge in [0.1, 0.15) is 4.90 Å². The average molecular weight is 337 g/mol. The Hall–Kier alpha value is -0.890. The number of nitrogens with two attached hydrogens (primary N) is 1. The maximum atomic E-state index is 13.9. The number of benzene rings is 1. The van der Waals surface area contributed by atoms with Crippen molar-refractivity contribution in [2.75, 3.05) is 12.3 Å². The largest absolute Gasteiger partial charge is 0.396 e. The van der Waals surface area contributed by atoms with E-state index in [2.05, 4.69) is 4.72 Å². The molecule has 118 valence electrons. The molecule has 0 spiro atoms. The van der Waals surface area contributed by atoms with E-state index in [4.69, 9.17) is 17.3 Å². The second-order valence-electron chi connectivity index (χ2n) is 5.35. The number of nitrogen functional groups attached to an aromatic ring is 1. The number of hydrogen-bond acceptors (Lipinski definition) is 4. The summed E-state index contributed by atoms with van der Waals surface area (Å²) in [5.41, 5.74) is 5.08. The molecule has 0 bridgehead atoms. The summed E-state index contributed by atoms with van der Waals surface area (Å²) in [7, 11) is -4.02. The van der Waals surface area contributed by atoms with Gasteiger partial charge in [0.2, 0.25) is 10.0 Å². The van der Waals surface area contributed by atoms with Crippen molar-refractivity contribution >= 4 is 27.3 Å². The highest BCUT2D eigenvalue weighted by atomic mass is 35.5. The van der Waals surface area contributed by atoms with Gasteiger partial charge in [0.15, 0.2) is 5.82 Å². The first-order chi connectivity index (χ1) is 9.79. The van der Waals surface area contributed by atoms with Gasteiger partial charge in [0, 0.05) is 11.6 Å². The molecule has 1 saturated carbocycles. The number of halogens is 2. The van der Waals surface area contributed by atoms with Crippen LogP contribution in [0.3, 0.4) is 0 Å². The molecule has 0 aromatic heterocycles. The second-order valence-corrected chi connectivity index (χ2v) is 7.52. The van der Waals surface area contributed by atoms with E-state index in [1.54, 1.807) is 0 Å². The third-order valence-corrected chi connectivity index (χ3v) is 5.28. The number of aliphatic hydroxyl groups is 1. The quantitative estimate of drug-likeness (QED) is 0.732. The van der Waals surface area contributed by atoms with E-state index >= 15 is 0 Å². The van der Waals surface area contributed by atoms with Crippen molar-refractivity contribution in [3.8, 4) is 0 Å². The molecule has 1 fully saturated rings. The molecular formula is C13H18ClFN2O3S. The molecule has 1 aromatic carbocycles. The van der Waals surface area contributed by atoms with Crippen LogP contribution in [0.4, 0.5) is 10.1 Å². The zero-order chi connectivity index (χ0) is 15.6. The maximum absolute atomic E-state index is 13.9. The Balaban J connectivity index is 2.12. The smallest absolute Gasteiger partial charge is 0.243 e. The van der Waals surface area contributed by atoms with Crippen LogP contribution in [0.25, 0.3) is 0 Å². The molecule has 1 aromatic rings. The van der Waals surface area contributed by atoms with Crippen molar-refractivity contribution in [1.82, 2.24) is 4.72 Å². The first-order valence-corrected chi connectivity index (χ1v) is 8.58. The lowest BCUT2D eigenvalue weighted by molar-refractivity contribution is 0.102. The highest BCUT2D eigenvalue weighted by Crippen LogP contribution is 2.27. The monoisotopic (exact) mass is 336 g/mol. The number of sulfonamides is 1. The highest BCUT2D eigenvalue weighted by Gasteiger charge is 2.25. The Labute approximate surface area is 128 Å². The number of nitrogens with one attached hydrogen (secondary N) is 1. The average Bonchev–Trinajstić information content (AvgIpc) is 2.41. The number of rotatable bonds is 4. The van der Waals surface area contributed by atoms with Crippen LogP contribution >= 0.6 is 11.6 Å². The lowest BCUT2D eigenvalue weighted by Gasteiger charge is -2.25. The molecule has 5 nitrogen and oxygen atoms in total. The fourth-order valence-electron chi connectivity index (χ4n) is 2.53. The third-order valence-electron chi connectivity index (χ3n) is 3.64. The summed E-state index contributed by atoms with van der Waals surface area (Å²) in [6.07, 6.45) is 2.57. The molecule has 1 aliphatic rings. The summed E-state index contributed by atoms with van der Waals surface area (Å²) in [6.45, 7) is 0.158. The van der Waals surface area contributed by atoms with Gasteiger partial charge in [-0.25, -0.2) is 17.5 Å². The zero-order valence-electron chi connectivity index (χ0n) is 11.4. The van der Waals surface area contributed by atoms with Gasteiger partial charge in [-0.3, -0.25) is 0 Å². The first-order valence-electron chi connectivity index (χ1n) is 6.72. The van der Waals surface area contributed by atoms with Crippen LogP contribution in [0.2, 0.25) is 5.02 Å². The molecule has 4 N–H and O–H groups in total. The van der Waals surface area contributed by atoms with Crippen molar-refractivity contribution < 1.29 is 17.9 Å². The third kappa shape index (κ3) is 4.06. The summed E-state index contributed by atoms with van der Waals surface area (Å²) in [5, 5.41) is 9.63. The van der Waals surface area contributed by atoms with Gasteiger partial charge in [0.05, 0.1) is 11.8 Å². The second kappa shape index (κ2) is 6.48. The van der Waals surface area contributed by atoms with Gasteiger partial charge in [-0.1, -0.05) is 18.0 Å². The van der Waals surface area contributed by atoms with E-state index in [9.17, 15) is 17.9 Å². The SMILES string of the molecule is Nc1cc(Cl)cc(S(=O)(=O)NCC2CCCC(O)C2)c1F. The molecule has 2 atom stereocenters. The summed E-state index contributed by atoms with van der Waals surface area (Å²) < 4.78 is 40.5. The Morgan fingerprint density at radius 1 is 1.43 bits per heavy atom. The fraction of sp³-hybridized carbons (Fsp3) is 0.538. The van der Waals surface area contributed by atoms with Gasteiger partial charge in [0.25, 0.3) is 0 Å². The van der Waals surface area contributed by atoms with Gasteiger partial charge in [-0.05, 0) is 37.3 Å². The normalized spacial score (nSPS) is 23.2. The molecular weight excluding hydrogens is 319 g/mol. The molecule has 1 aliphatic carbocycles. The Kier molecular flexibility index (Phi) is 5.08. The Morgan fingerprint density at radius 2 is 2.14 bits per heavy atom. The molecule has 2 unspecified atom stereocenters. The predicted octanol–water partition coefficient (Wildman–Crippen LogP) is 1.89. The molecule has 21 heavy (non-hydrogen) atoms. The van der Waals surface area contributed by atoms with Crippen molar-refractivity contribution in [1.29, 1.82) is 0 Å². The van der Waals surface area contributed by atoms with Crippen LogP contribution in [0.15, 0.2) is 17.0 Å². The number of aliphatic hydroxyl groups excluding tert-OH is 1. The minimum absolute atomic E-state index is 0.0446. The molecule has 8 heteroatoms. The topological polar surface area (TPSA) is 92.4 Å². The summed E-state index contributed by atoms with van der Waals surface area (Å²) in [6, 6.07) is 2.19. The van der Waals surface area contributed by atoms with Crippen LogP contribution in [0, 0.1) is 11.7 Å². The van der Waals surface area contributed by atoms with Crippen molar-refractivity contribution in [3.63, 3.8) is 0 Å². The molecule has 2 rings (SSSR count). The summed E-state index contributed by atoms with van der Waals surface area (Å²) in [5.74, 6) is -0.960. The van der Waals surface area contributed by atoms with Crippen LogP contribution < -0.4 is 10.5 Å². The molecule has 0 aliphatic heterocycles. The standard InChI is InChI=1S/C13H18ClFN2O3S/c14-9-5-11(16)13(15)12(6-9)21(19,20)17-7-8-2-1-3-10(18)4-8/h5-6,8,10,17-18H,1-4,7,16H2. The van der Waals surface area contributed by atoms with Gasteiger partial charge >= 0.3 is 0 Å². The van der Waals surface area contributed by atoms with Crippen molar-refractivity contribution in [3.05, 3.63) is 23.0 Å². The van der Waals surface area contributed by atoms with E-state index in [0.717, 1.165) is 31.4 Å². The predicted molar refractivity (Wildman–Crippen MR) is 79.0 cm³/mol. The minimum Gasteiger partial charge on any atom is -0.396 e. The van der Waals surface area contributed by atoms with Gasteiger partial charge < -0.3 is 10.8 Å². The molecule has 0 heterocycles. The van der Waals surface area contributed by atoms with E-state index < -0.39 is 26.8 Å². The van der Waals surface area contributed by atoms with Crippen molar-refractivity contribution in [2.24, 2.45) is 5.92 Å². The summed E-state index contributed by atoms with van der Waals surface area (Å²) >= 11 is 5.72. The Morgan fingerprint density at radius 3 is 2.81 bits per heavy atom. The molecule has 0 radical (unpaired) electrons. The van der Waals surface area contributed by atoms with E-state index in [0.29, 0.717) is 6.42 Å². The maximum Gasteiger partial charge on any atom is 0.243 e. The lowest BCUT2D eigenvalue weighted by Crippen LogP contribution is -2.33. The van der Waals surface area contributed by atoms with Gasteiger partial charge in [-0.2, -0.15) is 0 Å². The van der Waals surface area contributed by atoms with Crippen LogP contribution in [-0.2, 0) is 10.0 Å². The van der Waals surface area contributed by atoms with E-state index in [1.807, 2.05) is 0 Å². The Bertz CT molecular complexity index is 624. The number of hydrogen-bond donors (Lipinski definition) is 3. The van der Waals surface area contributed by atoms with Crippen LogP contribution in [0.1, 0.15) is 25.7 Å². The highest BCUT2D eigenvalue weighted by molar-refractivity contribution is 7.89. The van der Waals surface area contributed by atoms with Crippen LogP contribution in [0.5, 0.6) is 0 Å². The zero-order valence-corrected chi connectivity index (χ0v) is 12.9. The lowest BCUT2D eigenvalue weighted by atomic mass is 9.87. The molecule has 0 amide bonds. The van der Waals surface area contributed by atoms with E-state index in [1.165, 1.54) is 0 Å². The van der Waals surface area contributed by atoms with Gasteiger partial charge in [-0.15, -0.1) is 0 Å². The minimum atomic E-state index is -4.02. The summed E-state index contributed by atoms with van der Waals surface area (Å²) in [4.78, 5) is -0.552. The fourth-order valence-corrected chi connectivity index (χ4v) is 4.07. The van der Waals surface area contributed by atoms with Crippen LogP contribution in [-0.4, -0.2) is 26.2 Å². The van der Waals surface area contributed by atoms with Crippen molar-refractivity contribution in [2.45, 2.75) is 36.7 Å². The van der Waals surface area contributed by atoms with E-state index in [-0.39, 0.29) is 23.2 Å².